The number of anilines is 1. The van der Waals surface area contributed by atoms with Gasteiger partial charge in [-0.05, 0) is 58.4 Å². The fourth-order valence-corrected chi connectivity index (χ4v) is 4.89. The Morgan fingerprint density at radius 2 is 1.47 bits per heavy atom. The molecule has 1 amide bonds. The van der Waals surface area contributed by atoms with Crippen LogP contribution in [-0.2, 0) is 4.74 Å². The average molecular weight is 499 g/mol. The summed E-state index contributed by atoms with van der Waals surface area (Å²) in [7, 11) is 1.36. The van der Waals surface area contributed by atoms with Crippen molar-refractivity contribution >= 4 is 48.0 Å². The Morgan fingerprint density at radius 3 is 2.06 bits per heavy atom. The number of halogens is 1. The van der Waals surface area contributed by atoms with Crippen molar-refractivity contribution in [1.82, 2.24) is 4.90 Å². The van der Waals surface area contributed by atoms with Crippen LogP contribution in [0.15, 0.2) is 84.4 Å². The van der Waals surface area contributed by atoms with E-state index in [1.807, 2.05) is 24.3 Å². The number of likely N-dealkylation sites (tertiary alicyclic amines) is 1. The van der Waals surface area contributed by atoms with E-state index in [0.29, 0.717) is 0 Å². The van der Waals surface area contributed by atoms with Crippen LogP contribution in [0.2, 0.25) is 0 Å². The maximum atomic E-state index is 11.3. The number of piperidine rings is 1. The van der Waals surface area contributed by atoms with Crippen molar-refractivity contribution in [2.45, 2.75) is 12.8 Å². The largest absolute Gasteiger partial charge is 0.453 e. The Kier molecular flexibility index (Phi) is 8.42. The van der Waals surface area contributed by atoms with Gasteiger partial charge in [0.2, 0.25) is 0 Å². The maximum Gasteiger partial charge on any atom is 0.411 e. The monoisotopic (exact) mass is 498 g/mol. The zero-order valence-corrected chi connectivity index (χ0v) is 21.3. The van der Waals surface area contributed by atoms with E-state index < -0.39 is 6.09 Å². The molecule has 0 spiro atoms. The Bertz CT molecular complexity index is 1250. The quantitative estimate of drug-likeness (QED) is 0.319. The van der Waals surface area contributed by atoms with Gasteiger partial charge in [0.25, 0.3) is 0 Å². The molecule has 0 bridgehead atoms. The predicted octanol–water partition coefficient (Wildman–Crippen LogP) is 7.38. The van der Waals surface area contributed by atoms with Crippen LogP contribution in [0, 0.1) is 0 Å². The van der Waals surface area contributed by atoms with Crippen LogP contribution in [-0.4, -0.2) is 37.7 Å². The summed E-state index contributed by atoms with van der Waals surface area (Å²) < 4.78 is 4.63. The number of hydrogen-bond donors (Lipinski definition) is 1. The van der Waals surface area contributed by atoms with Crippen LogP contribution >= 0.6 is 12.4 Å². The lowest BCUT2D eigenvalue weighted by molar-refractivity contribution is 0.187. The Hall–Kier alpha value is -3.60. The minimum absolute atomic E-state index is 0. The van der Waals surface area contributed by atoms with Gasteiger partial charge in [-0.3, -0.25) is 10.2 Å². The number of benzene rings is 3. The molecule has 3 aromatic rings. The highest BCUT2D eigenvalue weighted by Gasteiger charge is 2.22. The first-order valence-corrected chi connectivity index (χ1v) is 12.1. The number of amides is 1. The van der Waals surface area contributed by atoms with Gasteiger partial charge in [-0.25, -0.2) is 4.79 Å². The van der Waals surface area contributed by atoms with E-state index in [-0.39, 0.29) is 12.4 Å². The summed E-state index contributed by atoms with van der Waals surface area (Å²) in [6.07, 6.45) is 10.6. The lowest BCUT2D eigenvalue weighted by Gasteiger charge is -2.29. The first-order chi connectivity index (χ1) is 17.2. The molecule has 4 nitrogen and oxygen atoms in total. The van der Waals surface area contributed by atoms with E-state index in [0.717, 1.165) is 43.7 Å². The van der Waals surface area contributed by atoms with Gasteiger partial charge in [0.1, 0.15) is 0 Å². The number of carbonyl (C=O) groups excluding carboxylic acids is 1. The fourth-order valence-electron chi connectivity index (χ4n) is 4.89. The third-order valence-electron chi connectivity index (χ3n) is 6.73. The molecule has 3 aromatic carbocycles. The molecular weight excluding hydrogens is 468 g/mol. The average Bonchev–Trinajstić information content (AvgIpc) is 3.07. The van der Waals surface area contributed by atoms with Crippen molar-refractivity contribution in [1.29, 1.82) is 0 Å². The number of nitrogens with one attached hydrogen (secondary N) is 1. The van der Waals surface area contributed by atoms with Crippen molar-refractivity contribution in [3.05, 3.63) is 112 Å². The minimum atomic E-state index is -0.459. The second-order valence-electron chi connectivity index (χ2n) is 8.93. The second kappa shape index (κ2) is 11.9. The molecule has 36 heavy (non-hydrogen) atoms. The Labute approximate surface area is 219 Å². The molecule has 0 atom stereocenters. The minimum Gasteiger partial charge on any atom is -0.453 e. The highest BCUT2D eigenvalue weighted by molar-refractivity contribution is 5.95. The number of nitrogens with zero attached hydrogens (tertiary/aromatic N) is 1. The van der Waals surface area contributed by atoms with Gasteiger partial charge in [0.05, 0.1) is 7.11 Å². The number of methoxy groups -OCH3 is 1. The molecular formula is C31H31ClN2O2. The predicted molar refractivity (Wildman–Crippen MR) is 152 cm³/mol. The van der Waals surface area contributed by atoms with Gasteiger partial charge in [0, 0.05) is 25.3 Å². The van der Waals surface area contributed by atoms with Crippen molar-refractivity contribution in [2.24, 2.45) is 0 Å². The molecule has 0 saturated carbocycles. The molecule has 0 radical (unpaired) electrons. The summed E-state index contributed by atoms with van der Waals surface area (Å²) in [5.41, 5.74) is 10.1. The summed E-state index contributed by atoms with van der Waals surface area (Å²) >= 11 is 0. The van der Waals surface area contributed by atoms with Crippen LogP contribution in [0.4, 0.5) is 10.5 Å². The second-order valence-corrected chi connectivity index (χ2v) is 8.93. The van der Waals surface area contributed by atoms with Gasteiger partial charge in [0.15, 0.2) is 0 Å². The SMILES string of the molecule is COC(=O)Nc1ccc(C=CCN2CCC(=C3c4ccccc4C=Cc4ccccc43)CC2)cc1.Cl. The van der Waals surface area contributed by atoms with Crippen molar-refractivity contribution in [3.63, 3.8) is 0 Å². The summed E-state index contributed by atoms with van der Waals surface area (Å²) in [6.45, 7) is 3.05. The molecule has 1 fully saturated rings. The van der Waals surface area contributed by atoms with Gasteiger partial charge in [-0.2, -0.15) is 0 Å². The van der Waals surface area contributed by atoms with E-state index in [9.17, 15) is 4.79 Å². The highest BCUT2D eigenvalue weighted by atomic mass is 35.5. The first-order valence-electron chi connectivity index (χ1n) is 12.1. The summed E-state index contributed by atoms with van der Waals surface area (Å²) in [6, 6.07) is 25.3. The molecule has 5 heteroatoms. The molecule has 1 aliphatic carbocycles. The Balaban J connectivity index is 0.00000304. The Morgan fingerprint density at radius 1 is 0.889 bits per heavy atom. The summed E-state index contributed by atoms with van der Waals surface area (Å²) in [5.74, 6) is 0. The standard InChI is InChI=1S/C31H30N2O2.ClH/c1-35-31(34)32-27-16-12-23(13-17-27)7-6-20-33-21-18-26(19-22-33)30-28-10-4-2-8-24(28)14-15-25-9-3-5-11-29(25)30;/h2-17H,18-22H2,1H3,(H,32,34);1H. The van der Waals surface area contributed by atoms with Crippen molar-refractivity contribution in [3.8, 4) is 0 Å². The third-order valence-corrected chi connectivity index (χ3v) is 6.73. The van der Waals surface area contributed by atoms with Gasteiger partial charge >= 0.3 is 6.09 Å². The van der Waals surface area contributed by atoms with E-state index in [4.69, 9.17) is 0 Å². The molecule has 0 aromatic heterocycles. The van der Waals surface area contributed by atoms with E-state index in [2.05, 4.69) is 87.8 Å². The first kappa shape index (κ1) is 25.5. The fraction of sp³-hybridized carbons (Fsp3) is 0.194. The van der Waals surface area contributed by atoms with Gasteiger partial charge in [-0.15, -0.1) is 12.4 Å². The lowest BCUT2D eigenvalue weighted by atomic mass is 9.86. The number of hydrogen-bond acceptors (Lipinski definition) is 3. The van der Waals surface area contributed by atoms with Gasteiger partial charge in [-0.1, -0.05) is 90.5 Å². The van der Waals surface area contributed by atoms with Crippen LogP contribution in [0.5, 0.6) is 0 Å². The molecule has 184 valence electrons. The van der Waals surface area contributed by atoms with Crippen LogP contribution < -0.4 is 5.32 Å². The molecule has 1 saturated heterocycles. The van der Waals surface area contributed by atoms with Gasteiger partial charge < -0.3 is 4.74 Å². The normalized spacial score (nSPS) is 15.0. The van der Waals surface area contributed by atoms with Crippen LogP contribution in [0.25, 0.3) is 23.8 Å². The number of rotatable bonds is 4. The zero-order chi connectivity index (χ0) is 24.0. The lowest BCUT2D eigenvalue weighted by Crippen LogP contribution is -2.31. The molecule has 0 unspecified atom stereocenters. The maximum absolute atomic E-state index is 11.3. The van der Waals surface area contributed by atoms with Crippen molar-refractivity contribution < 1.29 is 9.53 Å². The molecule has 2 aliphatic rings. The molecule has 1 N–H and O–H groups in total. The zero-order valence-electron chi connectivity index (χ0n) is 20.4. The van der Waals surface area contributed by atoms with E-state index in [1.165, 1.54) is 34.9 Å². The number of carbonyl (C=O) groups is 1. The molecule has 1 aliphatic heterocycles. The topological polar surface area (TPSA) is 41.6 Å². The highest BCUT2D eigenvalue weighted by Crippen LogP contribution is 2.38. The molecule has 5 rings (SSSR count). The van der Waals surface area contributed by atoms with Crippen molar-refractivity contribution in [2.75, 3.05) is 32.1 Å². The van der Waals surface area contributed by atoms with E-state index >= 15 is 0 Å². The summed E-state index contributed by atoms with van der Waals surface area (Å²) in [4.78, 5) is 13.8. The van der Waals surface area contributed by atoms with Crippen LogP contribution in [0.1, 0.15) is 40.7 Å². The molecule has 1 heterocycles. The smallest absolute Gasteiger partial charge is 0.411 e. The van der Waals surface area contributed by atoms with Crippen LogP contribution in [0.3, 0.4) is 0 Å². The van der Waals surface area contributed by atoms with E-state index in [1.54, 1.807) is 5.57 Å². The third kappa shape index (κ3) is 5.78. The number of ether oxygens (including phenoxy) is 1. The number of fused-ring (bicyclic) bond motifs is 2. The summed E-state index contributed by atoms with van der Waals surface area (Å²) in [5, 5.41) is 2.67.